The van der Waals surface area contributed by atoms with Crippen molar-refractivity contribution in [3.63, 3.8) is 0 Å². The van der Waals surface area contributed by atoms with Gasteiger partial charge in [-0.1, -0.05) is 30.3 Å². The van der Waals surface area contributed by atoms with E-state index in [1.54, 1.807) is 11.0 Å². The summed E-state index contributed by atoms with van der Waals surface area (Å²) in [5, 5.41) is 10.3. The lowest BCUT2D eigenvalue weighted by Crippen LogP contribution is -2.44. The highest BCUT2D eigenvalue weighted by Gasteiger charge is 2.31. The number of nitrogens with zero attached hydrogens (tertiary/aromatic N) is 1. The number of hydrogen-bond acceptors (Lipinski definition) is 3. The monoisotopic (exact) mass is 488 g/mol. The summed E-state index contributed by atoms with van der Waals surface area (Å²) in [5.41, 5.74) is 1.41. The van der Waals surface area contributed by atoms with Crippen LogP contribution in [0.2, 0.25) is 0 Å². The predicted octanol–water partition coefficient (Wildman–Crippen LogP) is 5.00. The van der Waals surface area contributed by atoms with Crippen LogP contribution < -0.4 is 16.0 Å². The van der Waals surface area contributed by atoms with Gasteiger partial charge in [0.25, 0.3) is 5.91 Å². The van der Waals surface area contributed by atoms with Crippen molar-refractivity contribution in [2.75, 3.05) is 30.3 Å². The van der Waals surface area contributed by atoms with E-state index < -0.39 is 11.8 Å². The number of carbonyl (C=O) groups excluding carboxylic acids is 3. The second-order valence-electron chi connectivity index (χ2n) is 9.61. The molecule has 0 bridgehead atoms. The van der Waals surface area contributed by atoms with Crippen LogP contribution in [0.25, 0.3) is 10.8 Å². The highest BCUT2D eigenvalue weighted by atomic mass is 19.1. The molecule has 1 aliphatic carbocycles. The Hall–Kier alpha value is -3.94. The van der Waals surface area contributed by atoms with E-state index in [2.05, 4.69) is 16.0 Å². The average Bonchev–Trinajstić information content (AvgIpc) is 3.73. The molecule has 186 valence electrons. The van der Waals surface area contributed by atoms with Crippen LogP contribution in [-0.2, 0) is 4.79 Å². The van der Waals surface area contributed by atoms with Crippen LogP contribution in [0.4, 0.5) is 20.6 Å². The lowest BCUT2D eigenvalue weighted by Gasteiger charge is -2.33. The molecule has 4 amide bonds. The number of halogens is 1. The minimum atomic E-state index is -0.421. The number of nitrogens with one attached hydrogen (secondary N) is 3. The maximum atomic E-state index is 13.6. The summed E-state index contributed by atoms with van der Waals surface area (Å²) in [6.45, 7) is 1.52. The fraction of sp³-hybridized carbons (Fsp3) is 0.321. The number of rotatable bonds is 6. The van der Waals surface area contributed by atoms with Crippen molar-refractivity contribution in [1.29, 1.82) is 0 Å². The molecule has 1 saturated heterocycles. The smallest absolute Gasteiger partial charge is 0.319 e. The lowest BCUT2D eigenvalue weighted by atomic mass is 9.96. The van der Waals surface area contributed by atoms with Gasteiger partial charge in [0.05, 0.1) is 11.3 Å². The lowest BCUT2D eigenvalue weighted by molar-refractivity contribution is -0.117. The van der Waals surface area contributed by atoms with Gasteiger partial charge in [-0.15, -0.1) is 0 Å². The van der Waals surface area contributed by atoms with Crippen LogP contribution in [0.15, 0.2) is 60.7 Å². The molecule has 1 atom stereocenters. The van der Waals surface area contributed by atoms with E-state index in [4.69, 9.17) is 0 Å². The van der Waals surface area contributed by atoms with Crippen LogP contribution >= 0.6 is 0 Å². The predicted molar refractivity (Wildman–Crippen MR) is 137 cm³/mol. The minimum Gasteiger partial charge on any atom is -0.338 e. The summed E-state index contributed by atoms with van der Waals surface area (Å²) < 4.78 is 13.3. The van der Waals surface area contributed by atoms with Crippen LogP contribution in [0.5, 0.6) is 0 Å². The van der Waals surface area contributed by atoms with Crippen LogP contribution in [0.3, 0.4) is 0 Å². The zero-order valence-electron chi connectivity index (χ0n) is 19.9. The Kier molecular flexibility index (Phi) is 6.84. The molecule has 2 fully saturated rings. The third kappa shape index (κ3) is 5.64. The molecule has 3 aromatic rings. The average molecular weight is 489 g/mol. The fourth-order valence-electron chi connectivity index (χ4n) is 4.67. The number of fused-ring (bicyclic) bond motifs is 1. The Morgan fingerprint density at radius 2 is 1.69 bits per heavy atom. The molecule has 36 heavy (non-hydrogen) atoms. The van der Waals surface area contributed by atoms with Gasteiger partial charge in [0, 0.05) is 31.2 Å². The Morgan fingerprint density at radius 1 is 0.917 bits per heavy atom. The topological polar surface area (TPSA) is 90.5 Å². The fourth-order valence-corrected chi connectivity index (χ4v) is 4.67. The molecule has 0 radical (unpaired) electrons. The molecule has 3 aromatic carbocycles. The molecule has 5 rings (SSSR count). The van der Waals surface area contributed by atoms with Crippen molar-refractivity contribution < 1.29 is 18.8 Å². The number of hydrogen-bond donors (Lipinski definition) is 3. The van der Waals surface area contributed by atoms with Gasteiger partial charge in [-0.05, 0) is 72.7 Å². The molecule has 1 unspecified atom stereocenters. The molecule has 7 nitrogen and oxygen atoms in total. The molecule has 2 aliphatic rings. The molecule has 8 heteroatoms. The summed E-state index contributed by atoms with van der Waals surface area (Å²) in [6.07, 6.45) is 3.47. The molecule has 1 aliphatic heterocycles. The van der Waals surface area contributed by atoms with Gasteiger partial charge in [-0.2, -0.15) is 0 Å². The van der Waals surface area contributed by atoms with Crippen molar-refractivity contribution in [2.45, 2.75) is 25.7 Å². The number of urea groups is 1. The molecular formula is C28H29FN4O3. The molecule has 0 aromatic heterocycles. The maximum absolute atomic E-state index is 13.6. The van der Waals surface area contributed by atoms with E-state index in [1.807, 2.05) is 36.4 Å². The molecule has 1 saturated carbocycles. The number of carbonyl (C=O) groups is 3. The van der Waals surface area contributed by atoms with E-state index >= 15 is 0 Å². The van der Waals surface area contributed by atoms with Crippen LogP contribution in [0, 0.1) is 17.7 Å². The molecule has 1 heterocycles. The summed E-state index contributed by atoms with van der Waals surface area (Å²) in [5.74, 6) is -0.463. The first-order valence-corrected chi connectivity index (χ1v) is 12.4. The Balaban J connectivity index is 1.26. The summed E-state index contributed by atoms with van der Waals surface area (Å²) >= 11 is 0. The number of benzene rings is 3. The zero-order chi connectivity index (χ0) is 25.1. The SMILES string of the molecule is O=C(NCC1CCCN(C(=O)c2cc3ccccc3cc2NC(=O)C2CC2)C1)Nc1cccc(F)c1. The summed E-state index contributed by atoms with van der Waals surface area (Å²) in [7, 11) is 0. The number of amides is 4. The molecule has 3 N–H and O–H groups in total. The Morgan fingerprint density at radius 3 is 2.44 bits per heavy atom. The first-order chi connectivity index (χ1) is 17.5. The van der Waals surface area contributed by atoms with E-state index in [9.17, 15) is 18.8 Å². The van der Waals surface area contributed by atoms with Crippen molar-refractivity contribution >= 4 is 40.0 Å². The minimum absolute atomic E-state index is 0.0309. The van der Waals surface area contributed by atoms with Gasteiger partial charge in [0.15, 0.2) is 0 Å². The summed E-state index contributed by atoms with van der Waals surface area (Å²) in [4.78, 5) is 40.2. The van der Waals surface area contributed by atoms with Crippen LogP contribution in [0.1, 0.15) is 36.0 Å². The zero-order valence-corrected chi connectivity index (χ0v) is 19.9. The standard InChI is InChI=1S/C28H29FN4O3/c29-22-8-3-9-23(15-22)31-28(36)30-16-18-5-4-12-33(17-18)27(35)24-13-20-6-1-2-7-21(20)14-25(24)32-26(34)19-10-11-19/h1-3,6-9,13-15,18-19H,4-5,10-12,16-17H2,(H,32,34)(H2,30,31,36). The second-order valence-corrected chi connectivity index (χ2v) is 9.61. The Labute approximate surface area is 209 Å². The van der Waals surface area contributed by atoms with Gasteiger partial charge in [-0.25, -0.2) is 9.18 Å². The van der Waals surface area contributed by atoms with E-state index in [0.717, 1.165) is 36.5 Å². The normalized spacial score (nSPS) is 17.5. The van der Waals surface area contributed by atoms with Gasteiger partial charge in [0.2, 0.25) is 5.91 Å². The quantitative estimate of drug-likeness (QED) is 0.456. The summed E-state index contributed by atoms with van der Waals surface area (Å²) in [6, 6.07) is 16.8. The van der Waals surface area contributed by atoms with Gasteiger partial charge in [0.1, 0.15) is 5.82 Å². The third-order valence-electron chi connectivity index (χ3n) is 6.76. The van der Waals surface area contributed by atoms with E-state index in [1.165, 1.54) is 18.2 Å². The van der Waals surface area contributed by atoms with E-state index in [0.29, 0.717) is 36.6 Å². The number of anilines is 2. The van der Waals surface area contributed by atoms with Crippen LogP contribution in [-0.4, -0.2) is 42.4 Å². The van der Waals surface area contributed by atoms with Crippen molar-refractivity contribution in [3.8, 4) is 0 Å². The van der Waals surface area contributed by atoms with Crippen molar-refractivity contribution in [3.05, 3.63) is 72.0 Å². The molecular weight excluding hydrogens is 459 g/mol. The Bertz CT molecular complexity index is 1310. The van der Waals surface area contributed by atoms with Gasteiger partial charge in [-0.3, -0.25) is 9.59 Å². The van der Waals surface area contributed by atoms with Gasteiger partial charge >= 0.3 is 6.03 Å². The first-order valence-electron chi connectivity index (χ1n) is 12.4. The van der Waals surface area contributed by atoms with E-state index in [-0.39, 0.29) is 23.7 Å². The number of piperidine rings is 1. The highest BCUT2D eigenvalue weighted by Crippen LogP contribution is 2.32. The number of likely N-dealkylation sites (tertiary alicyclic amines) is 1. The van der Waals surface area contributed by atoms with Crippen molar-refractivity contribution in [2.24, 2.45) is 11.8 Å². The third-order valence-corrected chi connectivity index (χ3v) is 6.76. The maximum Gasteiger partial charge on any atom is 0.319 e. The van der Waals surface area contributed by atoms with Gasteiger partial charge < -0.3 is 20.9 Å². The largest absolute Gasteiger partial charge is 0.338 e. The first kappa shape index (κ1) is 23.8. The molecule has 0 spiro atoms. The second kappa shape index (κ2) is 10.4. The van der Waals surface area contributed by atoms with Crippen molar-refractivity contribution in [1.82, 2.24) is 10.2 Å². The highest BCUT2D eigenvalue weighted by molar-refractivity contribution is 6.08.